The second-order valence-electron chi connectivity index (χ2n) is 7.99. The molecule has 0 unspecified atom stereocenters. The first-order chi connectivity index (χ1) is 16.0. The van der Waals surface area contributed by atoms with Crippen LogP contribution in [0.1, 0.15) is 24.2 Å². The topological polar surface area (TPSA) is 142 Å². The molecule has 1 saturated heterocycles. The van der Waals surface area contributed by atoms with Gasteiger partial charge in [0.25, 0.3) is 0 Å². The van der Waals surface area contributed by atoms with Gasteiger partial charge < -0.3 is 25.7 Å². The number of fused-ring (bicyclic) bond motifs is 3. The number of H-pyrrole nitrogens is 1. The zero-order valence-corrected chi connectivity index (χ0v) is 18.2. The van der Waals surface area contributed by atoms with Crippen LogP contribution in [0.15, 0.2) is 18.5 Å². The molecule has 1 aromatic carbocycles. The van der Waals surface area contributed by atoms with E-state index in [1.165, 1.54) is 6.07 Å². The van der Waals surface area contributed by atoms with Gasteiger partial charge in [-0.15, -0.1) is 0 Å². The molecule has 1 aliphatic heterocycles. The molecule has 4 heterocycles. The van der Waals surface area contributed by atoms with Gasteiger partial charge in [0.2, 0.25) is 0 Å². The number of nitrogens with two attached hydrogens (primary N) is 1. The Bertz CT molecular complexity index is 1390. The molecule has 11 heteroatoms. The first-order valence-corrected chi connectivity index (χ1v) is 10.6. The summed E-state index contributed by atoms with van der Waals surface area (Å²) >= 11 is 0. The molecule has 0 amide bonds. The molecule has 5 rings (SSSR count). The van der Waals surface area contributed by atoms with Crippen molar-refractivity contribution >= 4 is 33.4 Å². The molecule has 1 aliphatic rings. The standard InChI is InChI=1S/C22H22FN9O/c1-11-27-8-13(9-28-11)33-22-30-20-18(21(31-22)32-5-3-4-12(25)10-32)17-14(7-24)15(23)6-16(26-2)19(17)29-20/h6,8-9,12,26H,3-5,10,25H2,1-2H3,(H,29,30,31)/t12-/m1/s1. The average Bonchev–Trinajstić information content (AvgIpc) is 3.19. The number of aromatic amines is 1. The highest BCUT2D eigenvalue weighted by Gasteiger charge is 2.27. The van der Waals surface area contributed by atoms with Gasteiger partial charge in [-0.25, -0.2) is 14.4 Å². The molecular weight excluding hydrogens is 425 g/mol. The van der Waals surface area contributed by atoms with Gasteiger partial charge in [-0.05, 0) is 19.8 Å². The summed E-state index contributed by atoms with van der Waals surface area (Å²) in [7, 11) is 1.69. The Hall–Kier alpha value is -4.04. The van der Waals surface area contributed by atoms with Gasteiger partial charge in [-0.2, -0.15) is 15.2 Å². The summed E-state index contributed by atoms with van der Waals surface area (Å²) in [5.41, 5.74) is 7.67. The van der Waals surface area contributed by atoms with Crippen molar-refractivity contribution in [1.82, 2.24) is 24.9 Å². The summed E-state index contributed by atoms with van der Waals surface area (Å²) in [4.78, 5) is 22.7. The molecule has 0 radical (unpaired) electrons. The van der Waals surface area contributed by atoms with E-state index >= 15 is 0 Å². The van der Waals surface area contributed by atoms with Gasteiger partial charge >= 0.3 is 6.01 Å². The maximum atomic E-state index is 14.8. The summed E-state index contributed by atoms with van der Waals surface area (Å²) in [6.45, 7) is 3.07. The molecule has 0 spiro atoms. The van der Waals surface area contributed by atoms with Crippen molar-refractivity contribution in [2.24, 2.45) is 5.73 Å². The number of piperidine rings is 1. The molecule has 1 atom stereocenters. The minimum absolute atomic E-state index is 0.0242. The van der Waals surface area contributed by atoms with E-state index in [1.807, 2.05) is 11.0 Å². The molecule has 168 valence electrons. The van der Waals surface area contributed by atoms with E-state index in [0.717, 1.165) is 19.4 Å². The van der Waals surface area contributed by atoms with E-state index < -0.39 is 5.82 Å². The van der Waals surface area contributed by atoms with Gasteiger partial charge in [-0.1, -0.05) is 0 Å². The third-order valence-electron chi connectivity index (χ3n) is 5.75. The van der Waals surface area contributed by atoms with Crippen molar-refractivity contribution in [3.8, 4) is 17.8 Å². The summed E-state index contributed by atoms with van der Waals surface area (Å²) in [6.07, 6.45) is 4.88. The number of hydrogen-bond donors (Lipinski definition) is 3. The van der Waals surface area contributed by atoms with E-state index in [0.29, 0.717) is 51.6 Å². The minimum atomic E-state index is -0.617. The van der Waals surface area contributed by atoms with Crippen LogP contribution in [0.2, 0.25) is 0 Å². The highest BCUT2D eigenvalue weighted by molar-refractivity contribution is 6.17. The zero-order chi connectivity index (χ0) is 23.1. The van der Waals surface area contributed by atoms with E-state index in [2.05, 4.69) is 30.2 Å². The Balaban J connectivity index is 1.78. The number of rotatable bonds is 4. The van der Waals surface area contributed by atoms with Crippen LogP contribution < -0.4 is 20.7 Å². The van der Waals surface area contributed by atoms with Crippen LogP contribution in [-0.4, -0.2) is 51.1 Å². The molecule has 10 nitrogen and oxygen atoms in total. The molecule has 4 aromatic rings. The SMILES string of the molecule is CNc1cc(F)c(C#N)c2c1[nH]c1nc(Oc3cnc(C)nc3)nc(N3CCC[C@@H](N)C3)c12. The van der Waals surface area contributed by atoms with Gasteiger partial charge in [0.15, 0.2) is 5.75 Å². The molecule has 33 heavy (non-hydrogen) atoms. The lowest BCUT2D eigenvalue weighted by molar-refractivity contribution is 0.436. The zero-order valence-electron chi connectivity index (χ0n) is 18.2. The van der Waals surface area contributed by atoms with Crippen molar-refractivity contribution in [2.45, 2.75) is 25.8 Å². The predicted molar refractivity (Wildman–Crippen MR) is 122 cm³/mol. The Kier molecular flexibility index (Phi) is 5.14. The van der Waals surface area contributed by atoms with E-state index in [-0.39, 0.29) is 17.6 Å². The lowest BCUT2D eigenvalue weighted by Gasteiger charge is -2.32. The van der Waals surface area contributed by atoms with Gasteiger partial charge in [-0.3, -0.25) is 0 Å². The van der Waals surface area contributed by atoms with Crippen LogP contribution in [0.3, 0.4) is 0 Å². The molecule has 0 saturated carbocycles. The van der Waals surface area contributed by atoms with Gasteiger partial charge in [0.05, 0.1) is 34.5 Å². The number of nitriles is 1. The van der Waals surface area contributed by atoms with Crippen molar-refractivity contribution in [3.63, 3.8) is 0 Å². The number of halogens is 1. The number of nitrogens with one attached hydrogen (secondary N) is 2. The fourth-order valence-corrected chi connectivity index (χ4v) is 4.22. The van der Waals surface area contributed by atoms with Crippen molar-refractivity contribution in [1.29, 1.82) is 5.26 Å². The van der Waals surface area contributed by atoms with Crippen molar-refractivity contribution in [3.05, 3.63) is 35.7 Å². The lowest BCUT2D eigenvalue weighted by atomic mass is 10.0. The predicted octanol–water partition coefficient (Wildman–Crippen LogP) is 2.98. The Morgan fingerprint density at radius 2 is 2.09 bits per heavy atom. The molecule has 0 bridgehead atoms. The molecule has 3 aromatic heterocycles. The Morgan fingerprint density at radius 1 is 1.30 bits per heavy atom. The highest BCUT2D eigenvalue weighted by atomic mass is 19.1. The highest BCUT2D eigenvalue weighted by Crippen LogP contribution is 2.39. The minimum Gasteiger partial charge on any atom is -0.421 e. The van der Waals surface area contributed by atoms with Gasteiger partial charge in [0, 0.05) is 37.6 Å². The number of anilines is 2. The number of benzene rings is 1. The Morgan fingerprint density at radius 3 is 2.79 bits per heavy atom. The maximum absolute atomic E-state index is 14.8. The molecule has 0 aliphatic carbocycles. The van der Waals surface area contributed by atoms with Crippen LogP contribution >= 0.6 is 0 Å². The number of aryl methyl sites for hydroxylation is 1. The first-order valence-electron chi connectivity index (χ1n) is 10.6. The second kappa shape index (κ2) is 8.14. The smallest absolute Gasteiger partial charge is 0.326 e. The van der Waals surface area contributed by atoms with E-state index in [1.54, 1.807) is 26.4 Å². The third kappa shape index (κ3) is 3.64. The fourth-order valence-electron chi connectivity index (χ4n) is 4.22. The van der Waals surface area contributed by atoms with Crippen LogP contribution in [0.25, 0.3) is 21.9 Å². The molecule has 1 fully saturated rings. The number of nitrogens with zero attached hydrogens (tertiary/aromatic N) is 6. The third-order valence-corrected chi connectivity index (χ3v) is 5.75. The monoisotopic (exact) mass is 447 g/mol. The second-order valence-corrected chi connectivity index (χ2v) is 7.99. The van der Waals surface area contributed by atoms with Gasteiger partial charge in [0.1, 0.15) is 29.2 Å². The average molecular weight is 447 g/mol. The van der Waals surface area contributed by atoms with Crippen molar-refractivity contribution < 1.29 is 9.13 Å². The number of ether oxygens (including phenoxy) is 1. The number of aromatic nitrogens is 5. The number of hydrogen-bond acceptors (Lipinski definition) is 9. The largest absolute Gasteiger partial charge is 0.421 e. The summed E-state index contributed by atoms with van der Waals surface area (Å²) < 4.78 is 20.7. The molecule has 4 N–H and O–H groups in total. The van der Waals surface area contributed by atoms with E-state index in [4.69, 9.17) is 10.5 Å². The first kappa shape index (κ1) is 20.8. The summed E-state index contributed by atoms with van der Waals surface area (Å²) in [5.74, 6) is 0.919. The van der Waals surface area contributed by atoms with Crippen LogP contribution in [0.5, 0.6) is 11.8 Å². The maximum Gasteiger partial charge on any atom is 0.326 e. The lowest BCUT2D eigenvalue weighted by Crippen LogP contribution is -2.43. The summed E-state index contributed by atoms with van der Waals surface area (Å²) in [6, 6.07) is 3.35. The van der Waals surface area contributed by atoms with Crippen LogP contribution in [-0.2, 0) is 0 Å². The normalized spacial score (nSPS) is 16.2. The van der Waals surface area contributed by atoms with E-state index in [9.17, 15) is 9.65 Å². The van der Waals surface area contributed by atoms with Crippen molar-refractivity contribution in [2.75, 3.05) is 30.4 Å². The van der Waals surface area contributed by atoms with Crippen LogP contribution in [0.4, 0.5) is 15.9 Å². The fraction of sp³-hybridized carbons (Fsp3) is 0.318. The van der Waals surface area contributed by atoms with Crippen LogP contribution in [0, 0.1) is 24.1 Å². The Labute approximate surface area is 188 Å². The molecular formula is C22H22FN9O. The summed E-state index contributed by atoms with van der Waals surface area (Å²) in [5, 5.41) is 13.7. The quantitative estimate of drug-likeness (QED) is 0.430.